The Labute approximate surface area is 144 Å². The minimum absolute atomic E-state index is 0.118. The van der Waals surface area contributed by atoms with Crippen LogP contribution in [0.1, 0.15) is 17.3 Å². The summed E-state index contributed by atoms with van der Waals surface area (Å²) in [5.41, 5.74) is 2.68. The Morgan fingerprint density at radius 1 is 1.04 bits per heavy atom. The van der Waals surface area contributed by atoms with Crippen LogP contribution in [0.2, 0.25) is 0 Å². The molecule has 0 saturated heterocycles. The normalized spacial score (nSPS) is 12.5. The molecule has 4 rings (SSSR count). The highest BCUT2D eigenvalue weighted by molar-refractivity contribution is 8.00. The van der Waals surface area contributed by atoms with Gasteiger partial charge in [-0.2, -0.15) is 0 Å². The number of carbonyl (C=O) groups excluding carboxylic acids is 1. The number of aromatic amines is 1. The number of carbonyl (C=O) groups is 1. The van der Waals surface area contributed by atoms with Crippen molar-refractivity contribution in [3.8, 4) is 0 Å². The highest BCUT2D eigenvalue weighted by Gasteiger charge is 2.20. The van der Waals surface area contributed by atoms with Gasteiger partial charge in [0.1, 0.15) is 0 Å². The highest BCUT2D eigenvalue weighted by Crippen LogP contribution is 2.28. The van der Waals surface area contributed by atoms with E-state index in [9.17, 15) is 4.79 Å². The van der Waals surface area contributed by atoms with Gasteiger partial charge in [-0.05, 0) is 25.1 Å². The third-order valence-electron chi connectivity index (χ3n) is 4.09. The summed E-state index contributed by atoms with van der Waals surface area (Å²) in [4.78, 5) is 20.6. The highest BCUT2D eigenvalue weighted by atomic mass is 32.2. The zero-order valence-corrected chi connectivity index (χ0v) is 14.0. The van der Waals surface area contributed by atoms with Crippen LogP contribution >= 0.6 is 11.8 Å². The van der Waals surface area contributed by atoms with Gasteiger partial charge in [-0.3, -0.25) is 4.79 Å². The average molecular weight is 332 g/mol. The topological polar surface area (TPSA) is 45.8 Å². The third kappa shape index (κ3) is 2.69. The van der Waals surface area contributed by atoms with Gasteiger partial charge in [0.2, 0.25) is 0 Å². The maximum atomic E-state index is 12.8. The van der Waals surface area contributed by atoms with Crippen molar-refractivity contribution in [1.29, 1.82) is 0 Å². The number of ketones is 1. The fourth-order valence-electron chi connectivity index (χ4n) is 2.84. The molecule has 2 aromatic carbocycles. The Morgan fingerprint density at radius 2 is 1.83 bits per heavy atom. The number of nitrogens with one attached hydrogen (secondary N) is 1. The number of hydrogen-bond donors (Lipinski definition) is 1. The molecule has 3 nitrogen and oxygen atoms in total. The number of pyridine rings is 1. The first-order chi connectivity index (χ1) is 11.7. The predicted molar refractivity (Wildman–Crippen MR) is 99.7 cm³/mol. The SMILES string of the molecule is CC(Sc1ccc2ccccc2n1)C(=O)c1c[nH]c2ccccc12. The predicted octanol–water partition coefficient (Wildman–Crippen LogP) is 5.08. The summed E-state index contributed by atoms with van der Waals surface area (Å²) in [6.45, 7) is 1.94. The van der Waals surface area contributed by atoms with E-state index in [1.54, 1.807) is 6.20 Å². The first-order valence-electron chi connectivity index (χ1n) is 7.85. The van der Waals surface area contributed by atoms with E-state index in [2.05, 4.69) is 9.97 Å². The second-order valence-electron chi connectivity index (χ2n) is 5.71. The van der Waals surface area contributed by atoms with Gasteiger partial charge in [-0.15, -0.1) is 0 Å². The summed E-state index contributed by atoms with van der Waals surface area (Å²) in [6.07, 6.45) is 1.80. The Balaban J connectivity index is 1.60. The summed E-state index contributed by atoms with van der Waals surface area (Å²) in [5.74, 6) is 0.118. The Bertz CT molecular complexity index is 1040. The Hall–Kier alpha value is -2.59. The second-order valence-corrected chi connectivity index (χ2v) is 7.08. The molecule has 0 aliphatic carbocycles. The molecule has 0 aliphatic rings. The molecule has 4 heteroatoms. The summed E-state index contributed by atoms with van der Waals surface area (Å²) in [6, 6.07) is 19.9. The molecule has 118 valence electrons. The Kier molecular flexibility index (Phi) is 3.82. The van der Waals surface area contributed by atoms with Crippen LogP contribution in [-0.2, 0) is 0 Å². The van der Waals surface area contributed by atoms with E-state index >= 15 is 0 Å². The molecule has 0 fully saturated rings. The van der Waals surface area contributed by atoms with Crippen LogP contribution in [0.4, 0.5) is 0 Å². The molecule has 0 bridgehead atoms. The Morgan fingerprint density at radius 3 is 2.75 bits per heavy atom. The lowest BCUT2D eigenvalue weighted by atomic mass is 10.1. The molecule has 2 aromatic heterocycles. The molecular formula is C20H16N2OS. The number of hydrogen-bond acceptors (Lipinski definition) is 3. The van der Waals surface area contributed by atoms with E-state index < -0.39 is 0 Å². The maximum Gasteiger partial charge on any atom is 0.178 e. The molecule has 2 heterocycles. The van der Waals surface area contributed by atoms with Gasteiger partial charge < -0.3 is 4.98 Å². The van der Waals surface area contributed by atoms with Crippen LogP contribution < -0.4 is 0 Å². The van der Waals surface area contributed by atoms with Crippen LogP contribution in [-0.4, -0.2) is 21.0 Å². The lowest BCUT2D eigenvalue weighted by Gasteiger charge is -2.09. The number of fused-ring (bicyclic) bond motifs is 2. The molecule has 4 aromatic rings. The van der Waals surface area contributed by atoms with Crippen molar-refractivity contribution in [3.05, 3.63) is 72.4 Å². The van der Waals surface area contributed by atoms with Crippen molar-refractivity contribution in [2.75, 3.05) is 0 Å². The molecule has 1 unspecified atom stereocenters. The first-order valence-corrected chi connectivity index (χ1v) is 8.73. The van der Waals surface area contributed by atoms with Crippen molar-refractivity contribution in [3.63, 3.8) is 0 Å². The van der Waals surface area contributed by atoms with Crippen LogP contribution in [0, 0.1) is 0 Å². The first kappa shape index (κ1) is 15.0. The number of aromatic nitrogens is 2. The summed E-state index contributed by atoms with van der Waals surface area (Å²) in [7, 11) is 0. The zero-order valence-electron chi connectivity index (χ0n) is 13.2. The number of rotatable bonds is 4. The number of thioether (sulfide) groups is 1. The molecular weight excluding hydrogens is 316 g/mol. The minimum Gasteiger partial charge on any atom is -0.360 e. The van der Waals surface area contributed by atoms with Crippen LogP contribution in [0.25, 0.3) is 21.8 Å². The maximum absolute atomic E-state index is 12.8. The van der Waals surface area contributed by atoms with E-state index in [0.29, 0.717) is 0 Å². The second kappa shape index (κ2) is 6.13. The van der Waals surface area contributed by atoms with Crippen LogP contribution in [0.5, 0.6) is 0 Å². The van der Waals surface area contributed by atoms with Gasteiger partial charge in [0, 0.05) is 28.0 Å². The standard InChI is InChI=1S/C20H16N2OS/c1-13(20(23)16-12-21-18-9-5-3-7-15(16)18)24-19-11-10-14-6-2-4-8-17(14)22-19/h2-13,21H,1H3. The van der Waals surface area contributed by atoms with Gasteiger partial charge >= 0.3 is 0 Å². The van der Waals surface area contributed by atoms with Crippen molar-refractivity contribution in [1.82, 2.24) is 9.97 Å². The van der Waals surface area contributed by atoms with Crippen molar-refractivity contribution >= 4 is 39.4 Å². The van der Waals surface area contributed by atoms with Gasteiger partial charge in [-0.1, -0.05) is 54.2 Å². The van der Waals surface area contributed by atoms with E-state index in [1.807, 2.05) is 67.6 Å². The number of H-pyrrole nitrogens is 1. The third-order valence-corrected chi connectivity index (χ3v) is 5.13. The summed E-state index contributed by atoms with van der Waals surface area (Å²) < 4.78 is 0. The smallest absolute Gasteiger partial charge is 0.178 e. The fraction of sp³-hybridized carbons (Fsp3) is 0.100. The van der Waals surface area contributed by atoms with Crippen LogP contribution in [0.3, 0.4) is 0 Å². The zero-order chi connectivity index (χ0) is 16.5. The van der Waals surface area contributed by atoms with Crippen molar-refractivity contribution in [2.45, 2.75) is 17.2 Å². The van der Waals surface area contributed by atoms with Crippen molar-refractivity contribution in [2.24, 2.45) is 0 Å². The van der Waals surface area contributed by atoms with Gasteiger partial charge in [0.15, 0.2) is 5.78 Å². The molecule has 0 amide bonds. The summed E-state index contributed by atoms with van der Waals surface area (Å²) in [5, 5.41) is 2.76. The average Bonchev–Trinajstić information content (AvgIpc) is 3.05. The molecule has 0 saturated carbocycles. The lowest BCUT2D eigenvalue weighted by molar-refractivity contribution is 0.0995. The van der Waals surface area contributed by atoms with E-state index in [0.717, 1.165) is 32.4 Å². The van der Waals surface area contributed by atoms with Crippen LogP contribution in [0.15, 0.2) is 71.9 Å². The summed E-state index contributed by atoms with van der Waals surface area (Å²) >= 11 is 1.50. The number of nitrogens with zero attached hydrogens (tertiary/aromatic N) is 1. The molecule has 0 aliphatic heterocycles. The number of para-hydroxylation sites is 2. The van der Waals surface area contributed by atoms with E-state index in [4.69, 9.17) is 0 Å². The van der Waals surface area contributed by atoms with Gasteiger partial charge in [0.25, 0.3) is 0 Å². The fourth-order valence-corrected chi connectivity index (χ4v) is 3.74. The molecule has 0 spiro atoms. The van der Waals surface area contributed by atoms with E-state index in [-0.39, 0.29) is 11.0 Å². The van der Waals surface area contributed by atoms with E-state index in [1.165, 1.54) is 11.8 Å². The largest absolute Gasteiger partial charge is 0.360 e. The lowest BCUT2D eigenvalue weighted by Crippen LogP contribution is -2.13. The minimum atomic E-state index is -0.196. The molecule has 1 N–H and O–H groups in total. The molecule has 0 radical (unpaired) electrons. The molecule has 24 heavy (non-hydrogen) atoms. The molecule has 1 atom stereocenters. The van der Waals surface area contributed by atoms with Gasteiger partial charge in [0.05, 0.1) is 15.8 Å². The quantitative estimate of drug-likeness (QED) is 0.419. The number of benzene rings is 2. The van der Waals surface area contributed by atoms with Crippen molar-refractivity contribution < 1.29 is 4.79 Å². The number of Topliss-reactive ketones (excluding diaryl/α,β-unsaturated/α-hetero) is 1. The monoisotopic (exact) mass is 332 g/mol. The van der Waals surface area contributed by atoms with Gasteiger partial charge in [-0.25, -0.2) is 4.98 Å².